The lowest BCUT2D eigenvalue weighted by Gasteiger charge is -2.06. The average Bonchev–Trinajstić information content (AvgIpc) is 2.98. The maximum Gasteiger partial charge on any atom is 0.305 e. The number of carbonyl (C=O) groups is 1. The molecule has 0 rings (SSSR count). The zero-order valence-electron chi connectivity index (χ0n) is 28.5. The lowest BCUT2D eigenvalue weighted by molar-refractivity contribution is -0.143. The molecule has 0 saturated carbocycles. The first kappa shape index (κ1) is 40.2. The average molecular weight is 577 g/mol. The van der Waals surface area contributed by atoms with Crippen LogP contribution in [-0.4, -0.2) is 12.6 Å². The molecule has 0 radical (unpaired) electrons. The van der Waals surface area contributed by atoms with Crippen molar-refractivity contribution in [3.8, 4) is 0 Å². The molecule has 0 aromatic heterocycles. The van der Waals surface area contributed by atoms with Crippen molar-refractivity contribution in [3.05, 3.63) is 12.2 Å². The summed E-state index contributed by atoms with van der Waals surface area (Å²) in [5.74, 6) is 0.0182. The highest BCUT2D eigenvalue weighted by atomic mass is 16.5. The summed E-state index contributed by atoms with van der Waals surface area (Å²) in [6.07, 6.45) is 48.6. The normalized spacial score (nSPS) is 11.6. The summed E-state index contributed by atoms with van der Waals surface area (Å²) in [7, 11) is 0. The monoisotopic (exact) mass is 577 g/mol. The fourth-order valence-corrected chi connectivity index (χ4v) is 5.78. The Bertz CT molecular complexity index is 512. The third kappa shape index (κ3) is 37.2. The molecule has 0 aliphatic rings. The molecule has 0 heterocycles. The topological polar surface area (TPSA) is 26.3 Å². The smallest absolute Gasteiger partial charge is 0.305 e. The lowest BCUT2D eigenvalue weighted by Crippen LogP contribution is -2.05. The Morgan fingerprint density at radius 3 is 1.05 bits per heavy atom. The Kier molecular flexibility index (Phi) is 36.5. The third-order valence-corrected chi connectivity index (χ3v) is 8.65. The van der Waals surface area contributed by atoms with Gasteiger partial charge >= 0.3 is 5.97 Å². The van der Waals surface area contributed by atoms with Gasteiger partial charge in [-0.2, -0.15) is 0 Å². The maximum absolute atomic E-state index is 11.9. The number of carbonyl (C=O) groups excluding carboxylic acids is 1. The molecule has 0 aliphatic heterocycles. The molecule has 0 aliphatic carbocycles. The second-order valence-electron chi connectivity index (χ2n) is 12.9. The van der Waals surface area contributed by atoms with Gasteiger partial charge in [0.2, 0.25) is 0 Å². The van der Waals surface area contributed by atoms with E-state index in [0.717, 1.165) is 19.3 Å². The van der Waals surface area contributed by atoms with E-state index in [-0.39, 0.29) is 5.97 Å². The Morgan fingerprint density at radius 2 is 0.683 bits per heavy atom. The van der Waals surface area contributed by atoms with Crippen molar-refractivity contribution in [2.75, 3.05) is 6.61 Å². The third-order valence-electron chi connectivity index (χ3n) is 8.65. The molecule has 41 heavy (non-hydrogen) atoms. The van der Waals surface area contributed by atoms with Crippen molar-refractivity contribution >= 4 is 5.97 Å². The van der Waals surface area contributed by atoms with Crippen LogP contribution in [0.15, 0.2) is 12.2 Å². The minimum absolute atomic E-state index is 0.0182. The molecule has 0 saturated heterocycles. The summed E-state index contributed by atoms with van der Waals surface area (Å²) >= 11 is 0. The molecule has 0 unspecified atom stereocenters. The van der Waals surface area contributed by atoms with Crippen molar-refractivity contribution < 1.29 is 9.53 Å². The molecule has 0 aromatic carbocycles. The molecular weight excluding hydrogens is 500 g/mol. The molecule has 0 bridgehead atoms. The van der Waals surface area contributed by atoms with E-state index < -0.39 is 0 Å². The minimum Gasteiger partial charge on any atom is -0.466 e. The fraction of sp³-hybridized carbons (Fsp3) is 0.923. The van der Waals surface area contributed by atoms with E-state index in [1.54, 1.807) is 0 Å². The number of rotatable bonds is 35. The van der Waals surface area contributed by atoms with Crippen LogP contribution in [0.4, 0.5) is 0 Å². The van der Waals surface area contributed by atoms with Crippen LogP contribution in [-0.2, 0) is 9.53 Å². The first-order chi connectivity index (χ1) is 20.3. The van der Waals surface area contributed by atoms with Gasteiger partial charge in [-0.05, 0) is 38.5 Å². The number of hydrogen-bond acceptors (Lipinski definition) is 2. The van der Waals surface area contributed by atoms with Crippen LogP contribution in [0.3, 0.4) is 0 Å². The number of esters is 1. The second kappa shape index (κ2) is 37.2. The van der Waals surface area contributed by atoms with Gasteiger partial charge in [0.05, 0.1) is 6.61 Å². The highest BCUT2D eigenvalue weighted by molar-refractivity contribution is 5.69. The van der Waals surface area contributed by atoms with Crippen LogP contribution in [0.5, 0.6) is 0 Å². The Hall–Kier alpha value is -0.790. The quantitative estimate of drug-likeness (QED) is 0.0426. The first-order valence-electron chi connectivity index (χ1n) is 19.1. The summed E-state index contributed by atoms with van der Waals surface area (Å²) in [5.41, 5.74) is 0. The van der Waals surface area contributed by atoms with Crippen LogP contribution in [0.2, 0.25) is 0 Å². The standard InChI is InChI=1S/C39H76O2/c1-3-5-7-9-11-13-15-17-19-20-21-22-23-24-26-28-30-32-34-36-38-41-39(40)37-35-33-31-29-27-25-18-16-14-12-10-8-6-4-2/h16,18H,3-15,17,19-38H2,1-2H3/b18-16-. The van der Waals surface area contributed by atoms with Gasteiger partial charge < -0.3 is 4.74 Å². The molecule has 0 N–H and O–H groups in total. The second-order valence-corrected chi connectivity index (χ2v) is 12.9. The minimum atomic E-state index is 0.0182. The van der Waals surface area contributed by atoms with Gasteiger partial charge in [-0.3, -0.25) is 4.79 Å². The highest BCUT2D eigenvalue weighted by Gasteiger charge is 2.02. The zero-order valence-corrected chi connectivity index (χ0v) is 28.5. The predicted molar refractivity (Wildman–Crippen MR) is 184 cm³/mol. The van der Waals surface area contributed by atoms with E-state index in [4.69, 9.17) is 4.74 Å². The highest BCUT2D eigenvalue weighted by Crippen LogP contribution is 2.15. The van der Waals surface area contributed by atoms with Gasteiger partial charge in [-0.15, -0.1) is 0 Å². The molecule has 0 fully saturated rings. The van der Waals surface area contributed by atoms with Gasteiger partial charge in [0.25, 0.3) is 0 Å². The van der Waals surface area contributed by atoms with Crippen LogP contribution in [0.25, 0.3) is 0 Å². The van der Waals surface area contributed by atoms with Crippen molar-refractivity contribution in [1.29, 1.82) is 0 Å². The van der Waals surface area contributed by atoms with E-state index in [9.17, 15) is 4.79 Å². The van der Waals surface area contributed by atoms with E-state index in [1.807, 2.05) is 0 Å². The van der Waals surface area contributed by atoms with Crippen LogP contribution < -0.4 is 0 Å². The Balaban J connectivity index is 3.17. The van der Waals surface area contributed by atoms with Gasteiger partial charge in [-0.1, -0.05) is 193 Å². The summed E-state index contributed by atoms with van der Waals surface area (Å²) < 4.78 is 5.44. The van der Waals surface area contributed by atoms with Crippen LogP contribution in [0, 0.1) is 0 Å². The number of ether oxygens (including phenoxy) is 1. The van der Waals surface area contributed by atoms with Gasteiger partial charge in [0.15, 0.2) is 0 Å². The SMILES string of the molecule is CCCCCCC/C=C\CCCCCCCC(=O)OCCCCCCCCCCCCCCCCCCCCCC. The summed E-state index contributed by atoms with van der Waals surface area (Å²) in [4.78, 5) is 11.9. The van der Waals surface area contributed by atoms with Crippen molar-refractivity contribution in [1.82, 2.24) is 0 Å². The van der Waals surface area contributed by atoms with Gasteiger partial charge in [0, 0.05) is 6.42 Å². The zero-order chi connectivity index (χ0) is 29.7. The Labute approximate surface area is 259 Å². The van der Waals surface area contributed by atoms with E-state index in [1.165, 1.54) is 186 Å². The molecular formula is C39H76O2. The first-order valence-corrected chi connectivity index (χ1v) is 19.1. The van der Waals surface area contributed by atoms with Gasteiger partial charge in [0.1, 0.15) is 0 Å². The molecule has 244 valence electrons. The largest absolute Gasteiger partial charge is 0.466 e. The predicted octanol–water partition coefficient (Wildman–Crippen LogP) is 14.0. The summed E-state index contributed by atoms with van der Waals surface area (Å²) in [5, 5.41) is 0. The van der Waals surface area contributed by atoms with Gasteiger partial charge in [-0.25, -0.2) is 0 Å². The summed E-state index contributed by atoms with van der Waals surface area (Å²) in [6, 6.07) is 0. The molecule has 2 heteroatoms. The molecule has 0 aromatic rings. The van der Waals surface area contributed by atoms with E-state index >= 15 is 0 Å². The van der Waals surface area contributed by atoms with E-state index in [0.29, 0.717) is 13.0 Å². The number of unbranched alkanes of at least 4 members (excludes halogenated alkanes) is 29. The number of hydrogen-bond donors (Lipinski definition) is 0. The molecule has 0 spiro atoms. The molecule has 0 amide bonds. The molecule has 2 nitrogen and oxygen atoms in total. The summed E-state index contributed by atoms with van der Waals surface area (Å²) in [6.45, 7) is 5.20. The van der Waals surface area contributed by atoms with Crippen molar-refractivity contribution in [3.63, 3.8) is 0 Å². The Morgan fingerprint density at radius 1 is 0.390 bits per heavy atom. The van der Waals surface area contributed by atoms with Crippen LogP contribution in [0.1, 0.15) is 226 Å². The van der Waals surface area contributed by atoms with E-state index in [2.05, 4.69) is 26.0 Å². The fourth-order valence-electron chi connectivity index (χ4n) is 5.78. The maximum atomic E-state index is 11.9. The van der Waals surface area contributed by atoms with Crippen LogP contribution >= 0.6 is 0 Å². The van der Waals surface area contributed by atoms with Crippen molar-refractivity contribution in [2.24, 2.45) is 0 Å². The molecule has 0 atom stereocenters. The number of allylic oxidation sites excluding steroid dienone is 2. The van der Waals surface area contributed by atoms with Crippen molar-refractivity contribution in [2.45, 2.75) is 226 Å². The lowest BCUT2D eigenvalue weighted by atomic mass is 10.0.